The molecule has 76 heavy (non-hydrogen) atoms. The number of unbranched alkanes of at least 4 members (excludes halogenated alkanes) is 22. The lowest BCUT2D eigenvalue weighted by atomic mass is 10.1. The van der Waals surface area contributed by atoms with Gasteiger partial charge in [-0.25, -0.2) is 0 Å². The molecule has 0 bridgehead atoms. The molecule has 1 atom stereocenters. The first kappa shape index (κ1) is 71.5. The second-order valence-electron chi connectivity index (χ2n) is 20.2. The van der Waals surface area contributed by atoms with Gasteiger partial charge in [-0.15, -0.1) is 0 Å². The third-order valence-electron chi connectivity index (χ3n) is 12.9. The molecule has 0 heterocycles. The molecular weight excluding hydrogens is 937 g/mol. The lowest BCUT2D eigenvalue weighted by molar-refractivity contribution is -0.167. The van der Waals surface area contributed by atoms with Crippen LogP contribution in [0, 0.1) is 0 Å². The van der Waals surface area contributed by atoms with E-state index < -0.39 is 6.10 Å². The van der Waals surface area contributed by atoms with Crippen molar-refractivity contribution in [2.45, 2.75) is 277 Å². The molecule has 430 valence electrons. The molecule has 0 N–H and O–H groups in total. The molecule has 0 aromatic heterocycles. The van der Waals surface area contributed by atoms with Crippen molar-refractivity contribution in [2.75, 3.05) is 13.2 Å². The topological polar surface area (TPSA) is 78.9 Å². The van der Waals surface area contributed by atoms with Crippen LogP contribution in [-0.4, -0.2) is 37.2 Å². The summed E-state index contributed by atoms with van der Waals surface area (Å²) < 4.78 is 16.9. The van der Waals surface area contributed by atoms with Crippen molar-refractivity contribution in [3.63, 3.8) is 0 Å². The average molecular weight is 1050 g/mol. The summed E-state index contributed by atoms with van der Waals surface area (Å²) in [5.41, 5.74) is 0. The average Bonchev–Trinajstić information content (AvgIpc) is 3.42. The van der Waals surface area contributed by atoms with Crippen molar-refractivity contribution >= 4 is 17.9 Å². The van der Waals surface area contributed by atoms with Gasteiger partial charge in [0.25, 0.3) is 0 Å². The van der Waals surface area contributed by atoms with Gasteiger partial charge < -0.3 is 14.2 Å². The monoisotopic (exact) mass is 1050 g/mol. The summed E-state index contributed by atoms with van der Waals surface area (Å²) in [6, 6.07) is 0. The van der Waals surface area contributed by atoms with E-state index in [0.29, 0.717) is 19.3 Å². The summed E-state index contributed by atoms with van der Waals surface area (Å²) in [7, 11) is 0. The predicted molar refractivity (Wildman–Crippen MR) is 329 cm³/mol. The minimum Gasteiger partial charge on any atom is -0.462 e. The Morgan fingerprint density at radius 2 is 0.526 bits per heavy atom. The zero-order valence-corrected chi connectivity index (χ0v) is 49.2. The lowest BCUT2D eigenvalue weighted by Gasteiger charge is -2.18. The van der Waals surface area contributed by atoms with Crippen LogP contribution in [0.3, 0.4) is 0 Å². The van der Waals surface area contributed by atoms with E-state index in [2.05, 4.69) is 154 Å². The van der Waals surface area contributed by atoms with Crippen molar-refractivity contribution in [3.8, 4) is 0 Å². The molecule has 0 spiro atoms. The largest absolute Gasteiger partial charge is 0.462 e. The Hall–Kier alpha value is -4.45. The van der Waals surface area contributed by atoms with Gasteiger partial charge in [0.15, 0.2) is 6.10 Å². The first-order chi connectivity index (χ1) is 37.5. The summed E-state index contributed by atoms with van der Waals surface area (Å²) >= 11 is 0. The van der Waals surface area contributed by atoms with Gasteiger partial charge in [0.05, 0.1) is 0 Å². The minimum absolute atomic E-state index is 0.101. The fourth-order valence-electron chi connectivity index (χ4n) is 8.17. The van der Waals surface area contributed by atoms with Crippen LogP contribution in [0.1, 0.15) is 271 Å². The lowest BCUT2D eigenvalue weighted by Crippen LogP contribution is -2.30. The fraction of sp³-hybridized carbons (Fsp3) is 0.643. The molecule has 0 saturated carbocycles. The number of hydrogen-bond donors (Lipinski definition) is 0. The molecule has 0 rings (SSSR count). The molecule has 1 unspecified atom stereocenters. The molecule has 0 aromatic carbocycles. The molecule has 0 saturated heterocycles. The number of carbonyl (C=O) groups excluding carboxylic acids is 3. The van der Waals surface area contributed by atoms with Crippen molar-refractivity contribution in [1.82, 2.24) is 0 Å². The number of ether oxygens (including phenoxy) is 3. The second kappa shape index (κ2) is 63.1. The minimum atomic E-state index is -0.806. The number of allylic oxidation sites excluding steroid dienone is 22. The zero-order valence-electron chi connectivity index (χ0n) is 49.2. The highest BCUT2D eigenvalue weighted by molar-refractivity contribution is 5.71. The van der Waals surface area contributed by atoms with Crippen molar-refractivity contribution in [2.24, 2.45) is 0 Å². The molecule has 0 aliphatic rings. The van der Waals surface area contributed by atoms with Gasteiger partial charge in [0.1, 0.15) is 13.2 Å². The van der Waals surface area contributed by atoms with Gasteiger partial charge in [-0.3, -0.25) is 14.4 Å². The predicted octanol–water partition coefficient (Wildman–Crippen LogP) is 21.4. The summed E-state index contributed by atoms with van der Waals surface area (Å²) in [4.78, 5) is 38.3. The second-order valence-corrected chi connectivity index (χ2v) is 20.2. The van der Waals surface area contributed by atoms with Crippen LogP contribution in [0.25, 0.3) is 0 Å². The van der Waals surface area contributed by atoms with Crippen LogP contribution in [0.15, 0.2) is 134 Å². The van der Waals surface area contributed by atoms with E-state index in [9.17, 15) is 14.4 Å². The molecule has 0 aromatic rings. The van der Waals surface area contributed by atoms with Gasteiger partial charge in [0, 0.05) is 19.3 Å². The molecule has 0 fully saturated rings. The molecule has 6 heteroatoms. The number of carbonyl (C=O) groups is 3. The highest BCUT2D eigenvalue weighted by atomic mass is 16.6. The van der Waals surface area contributed by atoms with Crippen molar-refractivity contribution < 1.29 is 28.6 Å². The Bertz CT molecular complexity index is 1630. The molecule has 0 aliphatic carbocycles. The quantitative estimate of drug-likeness (QED) is 0.0261. The van der Waals surface area contributed by atoms with E-state index in [1.807, 2.05) is 0 Å². The Balaban J connectivity index is 4.46. The first-order valence-corrected chi connectivity index (χ1v) is 31.2. The number of hydrogen-bond acceptors (Lipinski definition) is 6. The van der Waals surface area contributed by atoms with Crippen LogP contribution in [0.2, 0.25) is 0 Å². The third-order valence-corrected chi connectivity index (χ3v) is 12.9. The van der Waals surface area contributed by atoms with Crippen LogP contribution in [0.4, 0.5) is 0 Å². The Kier molecular flexibility index (Phi) is 59.4. The normalized spacial score (nSPS) is 13.0. The number of rotatable bonds is 55. The van der Waals surface area contributed by atoms with Crippen LogP contribution >= 0.6 is 0 Å². The maximum atomic E-state index is 12.9. The molecule has 0 amide bonds. The zero-order chi connectivity index (χ0) is 55.0. The summed E-state index contributed by atoms with van der Waals surface area (Å²) in [6.07, 6.45) is 88.7. The maximum Gasteiger partial charge on any atom is 0.306 e. The number of esters is 3. The first-order valence-electron chi connectivity index (χ1n) is 31.2. The van der Waals surface area contributed by atoms with Crippen LogP contribution in [-0.2, 0) is 28.6 Å². The SMILES string of the molecule is CC/C=C\C/C=C\C/C=C\C/C=C\C/C=C\C/C=C\C/C=C\CCCCCC(=O)OCC(COC(=O)CCCCCCC/C=C\C/C=C\CCCC)OC(=O)CCCCCCCCCCC/C=C\C/C=C\CCCCC. The molecular formula is C70H114O6. The van der Waals surface area contributed by atoms with E-state index in [0.717, 1.165) is 141 Å². The highest BCUT2D eigenvalue weighted by Gasteiger charge is 2.19. The Morgan fingerprint density at radius 1 is 0.276 bits per heavy atom. The van der Waals surface area contributed by atoms with Gasteiger partial charge in [-0.2, -0.15) is 0 Å². The van der Waals surface area contributed by atoms with E-state index in [1.54, 1.807) is 0 Å². The molecule has 0 radical (unpaired) electrons. The van der Waals surface area contributed by atoms with E-state index in [1.165, 1.54) is 89.9 Å². The van der Waals surface area contributed by atoms with E-state index in [4.69, 9.17) is 14.2 Å². The van der Waals surface area contributed by atoms with Crippen molar-refractivity contribution in [3.05, 3.63) is 134 Å². The van der Waals surface area contributed by atoms with Gasteiger partial charge in [-0.1, -0.05) is 251 Å². The molecule has 0 aliphatic heterocycles. The standard InChI is InChI=1S/C70H114O6/c1-4-7-10-13-16-19-22-25-28-30-32-33-34-35-36-37-39-40-42-45-48-51-54-57-60-63-69(72)75-66-67(65-74-68(71)62-59-56-53-50-47-44-27-24-21-18-15-12-9-6-3)76-70(73)64-61-58-55-52-49-46-43-41-38-31-29-26-23-20-17-14-11-8-5-2/h7,10,15-20,24-29,32-33,35-36,39-40,45,48,67H,4-6,8-9,11-14,21-23,30-31,34,37-38,41-44,46-47,49-66H2,1-3H3/b10-7-,18-15-,19-16-,20-17-,27-24-,28-25-,29-26-,33-32-,36-35-,40-39-,48-45-. The van der Waals surface area contributed by atoms with Gasteiger partial charge in [-0.05, 0) is 135 Å². The maximum absolute atomic E-state index is 12.9. The summed E-state index contributed by atoms with van der Waals surface area (Å²) in [5, 5.41) is 0. The van der Waals surface area contributed by atoms with Crippen LogP contribution in [0.5, 0.6) is 0 Å². The van der Waals surface area contributed by atoms with Gasteiger partial charge >= 0.3 is 17.9 Å². The third kappa shape index (κ3) is 60.4. The fourth-order valence-corrected chi connectivity index (χ4v) is 8.17. The smallest absolute Gasteiger partial charge is 0.306 e. The summed E-state index contributed by atoms with van der Waals surface area (Å²) in [6.45, 7) is 6.42. The van der Waals surface area contributed by atoms with Crippen LogP contribution < -0.4 is 0 Å². The van der Waals surface area contributed by atoms with E-state index in [-0.39, 0.29) is 31.1 Å². The van der Waals surface area contributed by atoms with Gasteiger partial charge in [0.2, 0.25) is 0 Å². The Labute approximate surface area is 468 Å². The summed E-state index contributed by atoms with van der Waals surface area (Å²) in [5.74, 6) is -0.952. The van der Waals surface area contributed by atoms with E-state index >= 15 is 0 Å². The Morgan fingerprint density at radius 3 is 0.855 bits per heavy atom. The van der Waals surface area contributed by atoms with Crippen molar-refractivity contribution in [1.29, 1.82) is 0 Å². The highest BCUT2D eigenvalue weighted by Crippen LogP contribution is 2.14. The molecule has 6 nitrogen and oxygen atoms in total.